The summed E-state index contributed by atoms with van der Waals surface area (Å²) < 4.78 is 21.1. The first-order chi connectivity index (χ1) is 13.3. The van der Waals surface area contributed by atoms with Gasteiger partial charge in [-0.1, -0.05) is 17.7 Å². The Balaban J connectivity index is 1.80. The number of hydrogen-bond donors (Lipinski definition) is 4. The molecule has 0 radical (unpaired) electrons. The Hall–Kier alpha value is -2.45. The molecule has 0 bridgehead atoms. The lowest BCUT2D eigenvalue weighted by atomic mass is 10.0. The van der Waals surface area contributed by atoms with Crippen LogP contribution in [0.2, 0.25) is 5.02 Å². The van der Waals surface area contributed by atoms with Crippen LogP contribution in [-0.4, -0.2) is 38.4 Å². The highest BCUT2D eigenvalue weighted by atomic mass is 35.5. The molecule has 2 aromatic carbocycles. The molecule has 4 N–H and O–H groups in total. The van der Waals surface area contributed by atoms with Gasteiger partial charge in [0.25, 0.3) is 0 Å². The predicted octanol–water partition coefficient (Wildman–Crippen LogP) is 4.89. The van der Waals surface area contributed by atoms with Crippen molar-refractivity contribution in [1.82, 2.24) is 9.97 Å². The van der Waals surface area contributed by atoms with Crippen molar-refractivity contribution < 1.29 is 9.11 Å². The molecule has 1 aliphatic heterocycles. The minimum atomic E-state index is -2.85. The van der Waals surface area contributed by atoms with Gasteiger partial charge >= 0.3 is 0 Å². The van der Waals surface area contributed by atoms with Crippen LogP contribution in [-0.2, 0) is 0 Å². The number of H-pyrrole nitrogens is 2. The van der Waals surface area contributed by atoms with E-state index in [1.807, 2.05) is 36.2 Å². The number of nitrogens with one attached hydrogen (secondary N) is 2. The molecule has 6 nitrogen and oxygen atoms in total. The van der Waals surface area contributed by atoms with Crippen molar-refractivity contribution in [2.45, 2.75) is 4.90 Å². The third-order valence-electron chi connectivity index (χ3n) is 5.30. The molecule has 0 amide bonds. The van der Waals surface area contributed by atoms with Gasteiger partial charge in [0.2, 0.25) is 5.56 Å². The van der Waals surface area contributed by atoms with Crippen LogP contribution < -0.4 is 10.5 Å². The molecule has 0 atom stereocenters. The molecule has 0 aliphatic carbocycles. The molecule has 144 valence electrons. The molecular weight excluding hydrogens is 398 g/mol. The number of anilines is 1. The van der Waals surface area contributed by atoms with Gasteiger partial charge in [0.05, 0.1) is 27.4 Å². The van der Waals surface area contributed by atoms with Crippen molar-refractivity contribution in [2.24, 2.45) is 0 Å². The summed E-state index contributed by atoms with van der Waals surface area (Å²) in [6.07, 6.45) is 0. The molecule has 4 aromatic rings. The zero-order valence-electron chi connectivity index (χ0n) is 15.0. The number of nitrogens with zero attached hydrogens (tertiary/aromatic N) is 1. The lowest BCUT2D eigenvalue weighted by Gasteiger charge is -2.42. The van der Waals surface area contributed by atoms with Gasteiger partial charge < -0.3 is 14.9 Å². The van der Waals surface area contributed by atoms with E-state index in [2.05, 4.69) is 9.97 Å². The van der Waals surface area contributed by atoms with E-state index in [0.717, 1.165) is 27.7 Å². The normalized spacial score (nSPS) is 17.1. The van der Waals surface area contributed by atoms with Gasteiger partial charge in [-0.25, -0.2) is 0 Å². The third kappa shape index (κ3) is 2.62. The number of pyridine rings is 1. The highest BCUT2D eigenvalue weighted by Gasteiger charge is 2.28. The van der Waals surface area contributed by atoms with Crippen molar-refractivity contribution in [1.29, 1.82) is 0 Å². The summed E-state index contributed by atoms with van der Waals surface area (Å²) in [5.74, 6) is 0.301. The third-order valence-corrected chi connectivity index (χ3v) is 7.32. The first kappa shape index (κ1) is 17.6. The van der Waals surface area contributed by atoms with Crippen molar-refractivity contribution >= 4 is 49.8 Å². The minimum absolute atomic E-state index is 0.232. The molecule has 0 unspecified atom stereocenters. The van der Waals surface area contributed by atoms with Crippen molar-refractivity contribution in [2.75, 3.05) is 24.2 Å². The fourth-order valence-corrected chi connectivity index (χ4v) is 5.63. The molecule has 3 heterocycles. The van der Waals surface area contributed by atoms with Gasteiger partial charge in [-0.3, -0.25) is 13.9 Å². The van der Waals surface area contributed by atoms with E-state index >= 15 is 0 Å². The molecule has 0 spiro atoms. The van der Waals surface area contributed by atoms with Crippen molar-refractivity contribution in [3.63, 3.8) is 0 Å². The smallest absolute Gasteiger partial charge is 0.249 e. The Bertz CT molecular complexity index is 1310. The maximum absolute atomic E-state index is 12.4. The van der Waals surface area contributed by atoms with Crippen LogP contribution in [0, 0.1) is 0 Å². The van der Waals surface area contributed by atoms with E-state index in [-0.39, 0.29) is 5.56 Å². The molecule has 0 fully saturated rings. The zero-order chi connectivity index (χ0) is 19.6. The maximum atomic E-state index is 12.4. The van der Waals surface area contributed by atoms with E-state index in [0.29, 0.717) is 33.3 Å². The number of rotatable bonds is 1. The van der Waals surface area contributed by atoms with Crippen LogP contribution in [0.3, 0.4) is 0 Å². The molecule has 5 rings (SSSR count). The number of fused-ring (bicyclic) bond motifs is 4. The van der Waals surface area contributed by atoms with Crippen LogP contribution in [0.4, 0.5) is 5.69 Å². The first-order valence-corrected chi connectivity index (χ1v) is 10.9. The highest BCUT2D eigenvalue weighted by molar-refractivity contribution is 8.24. The fraction of sp³-hybridized carbons (Fsp3) is 0.150. The average Bonchev–Trinajstić information content (AvgIpc) is 3.02. The first-order valence-electron chi connectivity index (χ1n) is 8.79. The second-order valence-electron chi connectivity index (χ2n) is 7.09. The quantitative estimate of drug-likeness (QED) is 0.356. The Kier molecular flexibility index (Phi) is 3.79. The number of halogens is 1. The van der Waals surface area contributed by atoms with Gasteiger partial charge in [-0.05, 0) is 35.9 Å². The summed E-state index contributed by atoms with van der Waals surface area (Å²) in [5.41, 5.74) is 4.35. The summed E-state index contributed by atoms with van der Waals surface area (Å²) in [6, 6.07) is 12.6. The lowest BCUT2D eigenvalue weighted by Crippen LogP contribution is -2.30. The SMILES string of the molecule is CN1CCS(O)(O)c2cc(-c3cc(=O)[nH]c4c3[nH]c3ccc(Cl)cc34)ccc21. The number of hydrogen-bond acceptors (Lipinski definition) is 4. The van der Waals surface area contributed by atoms with Gasteiger partial charge in [0.15, 0.2) is 0 Å². The summed E-state index contributed by atoms with van der Waals surface area (Å²) in [5, 5.41) is 1.42. The maximum Gasteiger partial charge on any atom is 0.249 e. The summed E-state index contributed by atoms with van der Waals surface area (Å²) in [4.78, 5) is 21.1. The summed E-state index contributed by atoms with van der Waals surface area (Å²) in [6.45, 7) is 0.590. The van der Waals surface area contributed by atoms with E-state index < -0.39 is 10.6 Å². The molecule has 0 saturated carbocycles. The lowest BCUT2D eigenvalue weighted by molar-refractivity contribution is 0.483. The van der Waals surface area contributed by atoms with Crippen LogP contribution in [0.15, 0.2) is 52.2 Å². The van der Waals surface area contributed by atoms with E-state index in [1.165, 1.54) is 6.07 Å². The van der Waals surface area contributed by atoms with Gasteiger partial charge in [-0.15, -0.1) is 0 Å². The van der Waals surface area contributed by atoms with Crippen LogP contribution in [0.1, 0.15) is 0 Å². The van der Waals surface area contributed by atoms with Crippen molar-refractivity contribution in [3.8, 4) is 11.1 Å². The van der Waals surface area contributed by atoms with Gasteiger partial charge in [0.1, 0.15) is 0 Å². The summed E-state index contributed by atoms with van der Waals surface area (Å²) in [7, 11) is -0.924. The molecule has 1 aliphatic rings. The van der Waals surface area contributed by atoms with Crippen LogP contribution in [0.5, 0.6) is 0 Å². The molecular formula is C20H18ClN3O3S. The highest BCUT2D eigenvalue weighted by Crippen LogP contribution is 2.55. The monoisotopic (exact) mass is 415 g/mol. The second-order valence-corrected chi connectivity index (χ2v) is 9.71. The predicted molar refractivity (Wildman–Crippen MR) is 116 cm³/mol. The van der Waals surface area contributed by atoms with Gasteiger partial charge in [0, 0.05) is 41.1 Å². The molecule has 8 heteroatoms. The second kappa shape index (κ2) is 6.02. The molecule has 0 saturated heterocycles. The Labute approximate surface area is 167 Å². The van der Waals surface area contributed by atoms with E-state index in [4.69, 9.17) is 11.6 Å². The Morgan fingerprint density at radius 2 is 1.89 bits per heavy atom. The standard InChI is InChI=1S/C20H18ClN3O3S/c1-24-6-7-28(26,27)17-8-11(2-5-16(17)24)13-10-18(25)23-20-14-9-12(21)3-4-15(14)22-19(13)20/h2-5,8-10,22,26-27H,6-7H2,1H3,(H,23,25). The topological polar surface area (TPSA) is 92.3 Å². The number of aromatic amines is 2. The van der Waals surface area contributed by atoms with Crippen molar-refractivity contribution in [3.05, 3.63) is 57.8 Å². The molecule has 28 heavy (non-hydrogen) atoms. The number of aromatic nitrogens is 2. The molecule has 2 aromatic heterocycles. The Morgan fingerprint density at radius 1 is 1.07 bits per heavy atom. The van der Waals surface area contributed by atoms with E-state index in [1.54, 1.807) is 12.1 Å². The van der Waals surface area contributed by atoms with E-state index in [9.17, 15) is 13.9 Å². The number of benzene rings is 2. The fourth-order valence-electron chi connectivity index (χ4n) is 3.84. The van der Waals surface area contributed by atoms with Crippen LogP contribution >= 0.6 is 22.2 Å². The van der Waals surface area contributed by atoms with Gasteiger partial charge in [-0.2, -0.15) is 10.6 Å². The minimum Gasteiger partial charge on any atom is -0.371 e. The zero-order valence-corrected chi connectivity index (χ0v) is 16.6. The average molecular weight is 416 g/mol. The Morgan fingerprint density at radius 3 is 2.71 bits per heavy atom. The van der Waals surface area contributed by atoms with Crippen LogP contribution in [0.25, 0.3) is 33.1 Å². The largest absolute Gasteiger partial charge is 0.371 e. The summed E-state index contributed by atoms with van der Waals surface area (Å²) >= 11 is 6.13.